The van der Waals surface area contributed by atoms with Crippen molar-refractivity contribution in [2.75, 3.05) is 10.0 Å². The van der Waals surface area contributed by atoms with Gasteiger partial charge in [-0.1, -0.05) is 24.3 Å². The Kier molecular flexibility index (Phi) is 5.42. The lowest BCUT2D eigenvalue weighted by Gasteiger charge is -2.11. The minimum atomic E-state index is -3.77. The van der Waals surface area contributed by atoms with E-state index >= 15 is 0 Å². The number of nitrogens with one attached hydrogen (secondary N) is 2. The summed E-state index contributed by atoms with van der Waals surface area (Å²) in [5, 5.41) is 2.61. The van der Waals surface area contributed by atoms with Crippen LogP contribution in [0.15, 0.2) is 83.8 Å². The van der Waals surface area contributed by atoms with Gasteiger partial charge in [-0.2, -0.15) is 0 Å². The molecule has 6 nitrogen and oxygen atoms in total. The molecular formula is C20H18N2O4S. The number of sulfonamides is 1. The van der Waals surface area contributed by atoms with Gasteiger partial charge in [-0.05, 0) is 54.6 Å². The summed E-state index contributed by atoms with van der Waals surface area (Å²) in [5.41, 5.74) is 0.861. The van der Waals surface area contributed by atoms with Crippen LogP contribution >= 0.6 is 0 Å². The maximum absolute atomic E-state index is 12.6. The molecule has 3 aromatic carbocycles. The Hall–Kier alpha value is -3.32. The summed E-state index contributed by atoms with van der Waals surface area (Å²) in [4.78, 5) is 11.2. The van der Waals surface area contributed by atoms with Crippen LogP contribution in [0.3, 0.4) is 0 Å². The summed E-state index contributed by atoms with van der Waals surface area (Å²) < 4.78 is 33.3. The Morgan fingerprint density at radius 1 is 0.815 bits per heavy atom. The van der Waals surface area contributed by atoms with E-state index in [-0.39, 0.29) is 10.8 Å². The fraction of sp³-hybridized carbons (Fsp3) is 0.0500. The van der Waals surface area contributed by atoms with Gasteiger partial charge in [-0.25, -0.2) is 8.42 Å². The van der Waals surface area contributed by atoms with Crippen molar-refractivity contribution in [3.8, 4) is 11.5 Å². The highest BCUT2D eigenvalue weighted by Crippen LogP contribution is 2.24. The number of ether oxygens (including phenoxy) is 1. The first kappa shape index (κ1) is 18.5. The molecule has 138 valence electrons. The third-order valence-electron chi connectivity index (χ3n) is 3.55. The van der Waals surface area contributed by atoms with Crippen LogP contribution < -0.4 is 14.8 Å². The second kappa shape index (κ2) is 7.92. The lowest BCUT2D eigenvalue weighted by atomic mass is 10.3. The number of benzene rings is 3. The molecule has 0 saturated carbocycles. The average molecular weight is 382 g/mol. The second-order valence-corrected chi connectivity index (χ2v) is 7.44. The van der Waals surface area contributed by atoms with E-state index in [0.29, 0.717) is 22.9 Å². The minimum Gasteiger partial charge on any atom is -0.457 e. The molecule has 0 aromatic heterocycles. The molecule has 0 fully saturated rings. The highest BCUT2D eigenvalue weighted by molar-refractivity contribution is 7.92. The first-order valence-corrected chi connectivity index (χ1v) is 9.64. The molecule has 3 aromatic rings. The fourth-order valence-corrected chi connectivity index (χ4v) is 3.44. The van der Waals surface area contributed by atoms with Crippen molar-refractivity contribution < 1.29 is 17.9 Å². The maximum atomic E-state index is 12.6. The van der Waals surface area contributed by atoms with Crippen molar-refractivity contribution in [1.29, 1.82) is 0 Å². The van der Waals surface area contributed by atoms with E-state index in [1.54, 1.807) is 36.4 Å². The molecule has 3 rings (SSSR count). The SMILES string of the molecule is CC(=O)Nc1cccc(NS(=O)(=O)c2ccc(Oc3ccccc3)cc2)c1. The maximum Gasteiger partial charge on any atom is 0.261 e. The number of para-hydroxylation sites is 1. The molecule has 0 bridgehead atoms. The topological polar surface area (TPSA) is 84.5 Å². The Balaban J connectivity index is 1.74. The minimum absolute atomic E-state index is 0.104. The van der Waals surface area contributed by atoms with Gasteiger partial charge >= 0.3 is 0 Å². The molecule has 0 radical (unpaired) electrons. The molecule has 0 spiro atoms. The molecule has 0 aliphatic rings. The van der Waals surface area contributed by atoms with Gasteiger partial charge < -0.3 is 10.1 Å². The highest BCUT2D eigenvalue weighted by atomic mass is 32.2. The van der Waals surface area contributed by atoms with Crippen molar-refractivity contribution >= 4 is 27.3 Å². The quantitative estimate of drug-likeness (QED) is 0.668. The van der Waals surface area contributed by atoms with Gasteiger partial charge in [0, 0.05) is 12.6 Å². The summed E-state index contributed by atoms with van der Waals surface area (Å²) in [7, 11) is -3.77. The predicted octanol–water partition coefficient (Wildman–Crippen LogP) is 4.24. The van der Waals surface area contributed by atoms with E-state index < -0.39 is 10.0 Å². The van der Waals surface area contributed by atoms with Crippen molar-refractivity contribution in [3.05, 3.63) is 78.9 Å². The van der Waals surface area contributed by atoms with Crippen LogP contribution in [0, 0.1) is 0 Å². The molecule has 0 aliphatic carbocycles. The third kappa shape index (κ3) is 5.08. The molecular weight excluding hydrogens is 364 g/mol. The average Bonchev–Trinajstić information content (AvgIpc) is 2.62. The van der Waals surface area contributed by atoms with E-state index in [1.165, 1.54) is 19.1 Å². The first-order valence-electron chi connectivity index (χ1n) is 8.16. The molecule has 0 heterocycles. The summed E-state index contributed by atoms with van der Waals surface area (Å²) >= 11 is 0. The zero-order chi connectivity index (χ0) is 19.3. The number of carbonyl (C=O) groups excluding carboxylic acids is 1. The summed E-state index contributed by atoms with van der Waals surface area (Å²) in [6.07, 6.45) is 0. The van der Waals surface area contributed by atoms with Gasteiger partial charge in [-0.3, -0.25) is 9.52 Å². The lowest BCUT2D eigenvalue weighted by Crippen LogP contribution is -2.13. The van der Waals surface area contributed by atoms with Gasteiger partial charge in [0.15, 0.2) is 0 Å². The number of amides is 1. The van der Waals surface area contributed by atoms with E-state index in [4.69, 9.17) is 4.74 Å². The number of hydrogen-bond acceptors (Lipinski definition) is 4. The first-order chi connectivity index (χ1) is 12.9. The summed E-state index contributed by atoms with van der Waals surface area (Å²) in [5.74, 6) is 0.970. The number of hydrogen-bond donors (Lipinski definition) is 2. The summed E-state index contributed by atoms with van der Waals surface area (Å²) in [6.45, 7) is 1.38. The van der Waals surface area contributed by atoms with E-state index in [2.05, 4.69) is 10.0 Å². The second-order valence-electron chi connectivity index (χ2n) is 5.75. The Morgan fingerprint density at radius 2 is 1.44 bits per heavy atom. The van der Waals surface area contributed by atoms with Gasteiger partial charge in [0.2, 0.25) is 5.91 Å². The van der Waals surface area contributed by atoms with Gasteiger partial charge in [0.25, 0.3) is 10.0 Å². The van der Waals surface area contributed by atoms with E-state index in [0.717, 1.165) is 0 Å². The van der Waals surface area contributed by atoms with Crippen LogP contribution in [0.1, 0.15) is 6.92 Å². The van der Waals surface area contributed by atoms with Crippen molar-refractivity contribution in [3.63, 3.8) is 0 Å². The molecule has 1 amide bonds. The number of rotatable bonds is 6. The third-order valence-corrected chi connectivity index (χ3v) is 4.95. The van der Waals surface area contributed by atoms with Crippen molar-refractivity contribution in [2.24, 2.45) is 0 Å². The number of anilines is 2. The molecule has 7 heteroatoms. The molecule has 27 heavy (non-hydrogen) atoms. The van der Waals surface area contributed by atoms with Crippen LogP contribution in [0.4, 0.5) is 11.4 Å². The Labute approximate surface area is 157 Å². The molecule has 0 aliphatic heterocycles. The van der Waals surface area contributed by atoms with Gasteiger partial charge in [0.05, 0.1) is 10.6 Å². The normalized spacial score (nSPS) is 10.9. The highest BCUT2D eigenvalue weighted by Gasteiger charge is 2.14. The monoisotopic (exact) mass is 382 g/mol. The standard InChI is InChI=1S/C20H18N2O4S/c1-15(23)21-16-6-5-7-17(14-16)22-27(24,25)20-12-10-19(11-13-20)26-18-8-3-2-4-9-18/h2-14,22H,1H3,(H,21,23). The van der Waals surface area contributed by atoms with E-state index in [9.17, 15) is 13.2 Å². The smallest absolute Gasteiger partial charge is 0.261 e. The van der Waals surface area contributed by atoms with Crippen LogP contribution in [0.25, 0.3) is 0 Å². The fourth-order valence-electron chi connectivity index (χ4n) is 2.39. The Bertz CT molecular complexity index is 1030. The van der Waals surface area contributed by atoms with E-state index in [1.807, 2.05) is 30.3 Å². The Morgan fingerprint density at radius 3 is 2.11 bits per heavy atom. The zero-order valence-electron chi connectivity index (χ0n) is 14.5. The predicted molar refractivity (Wildman–Crippen MR) is 105 cm³/mol. The van der Waals surface area contributed by atoms with Crippen molar-refractivity contribution in [1.82, 2.24) is 0 Å². The van der Waals surface area contributed by atoms with Crippen LogP contribution in [-0.2, 0) is 14.8 Å². The van der Waals surface area contributed by atoms with Crippen LogP contribution in [0.2, 0.25) is 0 Å². The largest absolute Gasteiger partial charge is 0.457 e. The molecule has 0 unspecified atom stereocenters. The van der Waals surface area contributed by atoms with Crippen molar-refractivity contribution in [2.45, 2.75) is 11.8 Å². The van der Waals surface area contributed by atoms with Crippen LogP contribution in [-0.4, -0.2) is 14.3 Å². The van der Waals surface area contributed by atoms with Gasteiger partial charge in [0.1, 0.15) is 11.5 Å². The van der Waals surface area contributed by atoms with Gasteiger partial charge in [-0.15, -0.1) is 0 Å². The summed E-state index contributed by atoms with van der Waals surface area (Å²) in [6, 6.07) is 21.8. The molecule has 2 N–H and O–H groups in total. The number of carbonyl (C=O) groups is 1. The molecule has 0 saturated heterocycles. The lowest BCUT2D eigenvalue weighted by molar-refractivity contribution is -0.114. The molecule has 0 atom stereocenters. The van der Waals surface area contributed by atoms with Crippen LogP contribution in [0.5, 0.6) is 11.5 Å². The zero-order valence-corrected chi connectivity index (χ0v) is 15.4.